The van der Waals surface area contributed by atoms with Crippen LogP contribution < -0.4 is 40.9 Å². The van der Waals surface area contributed by atoms with E-state index in [1.165, 1.54) is 64.8 Å². The van der Waals surface area contributed by atoms with Crippen LogP contribution in [0.5, 0.6) is 0 Å². The van der Waals surface area contributed by atoms with Crippen molar-refractivity contribution < 1.29 is 85.3 Å². The standard InChI is InChI=1S/C26H29BrClFN4O4.2C26H31ClN4O4.C23H23BrClFN4O4/c1-4-15(2)21(23(34)37-3)31-25(36)32-11-9-26(10-12-32)22(20-8-5-16(27)14-30-20)33(24(26)35)17-6-7-19(29)18(28)13-17;2*1-4-17(2)21(23(32)35-3)29-25(34)30-14-11-26(12-15-30)22(20-10-5-6-13-28-20)31(24(26)33)19-9-7-8-18(27)16-19;1-13(20(31)34-2)28-22(33)29-9-7-23(8-10-29)19(18-6-3-14(24)12-27-18)30(21(23)32)15-4-5-17(26)16(25)11-15/h5-8,13-15,21-22H,4,9-12H2,1-3H3,(H,31,36);2*5-10,13,16-17,21-22H,4,11-12,14-15H2,1-3H3,(H,29,34);3-6,11-13,19H,7-10H2,1-2H3,(H,28,33)/t15-,21-,22?;2*17-,21?,22?;13-,19?/m0000/s1. The summed E-state index contributed by atoms with van der Waals surface area (Å²) < 4.78 is 48.5. The lowest BCUT2D eigenvalue weighted by Crippen LogP contribution is -2.67. The summed E-state index contributed by atoms with van der Waals surface area (Å²) in [5, 5.41) is 12.1. The normalized spacial score (nSPS) is 20.4. The first-order chi connectivity index (χ1) is 67.4. The molecule has 0 bridgehead atoms. The van der Waals surface area contributed by atoms with Crippen molar-refractivity contribution in [3.63, 3.8) is 0 Å². The number of urea groups is 4. The quantitative estimate of drug-likeness (QED) is 0.0278. The summed E-state index contributed by atoms with van der Waals surface area (Å²) in [7, 11) is 5.20. The molecule has 8 aliphatic rings. The number of nitrogens with zero attached hydrogens (tertiary/aromatic N) is 12. The lowest BCUT2D eigenvalue weighted by atomic mass is 9.63. The Morgan fingerprint density at radius 2 is 0.645 bits per heavy atom. The van der Waals surface area contributed by atoms with Gasteiger partial charge >= 0.3 is 48.0 Å². The van der Waals surface area contributed by atoms with Crippen LogP contribution in [0.2, 0.25) is 20.1 Å². The summed E-state index contributed by atoms with van der Waals surface area (Å²) in [6.45, 7) is 16.0. The van der Waals surface area contributed by atoms with Crippen molar-refractivity contribution in [3.05, 3.63) is 234 Å². The molecule has 750 valence electrons. The number of likely N-dealkylation sites (tertiary alicyclic amines) is 4. The lowest BCUT2D eigenvalue weighted by Gasteiger charge is -2.58. The van der Waals surface area contributed by atoms with Crippen LogP contribution in [0, 0.1) is 51.0 Å². The minimum atomic E-state index is -0.780. The first-order valence-corrected chi connectivity index (χ1v) is 49.9. The van der Waals surface area contributed by atoms with Gasteiger partial charge in [0.25, 0.3) is 0 Å². The van der Waals surface area contributed by atoms with E-state index in [9.17, 15) is 66.3 Å². The van der Waals surface area contributed by atoms with Crippen LogP contribution >= 0.6 is 78.3 Å². The van der Waals surface area contributed by atoms with Gasteiger partial charge in [-0.15, -0.1) is 0 Å². The highest BCUT2D eigenvalue weighted by Crippen LogP contribution is 2.62. The highest BCUT2D eigenvalue weighted by Gasteiger charge is 2.67. The average molecular weight is 2150 g/mol. The second-order valence-corrected chi connectivity index (χ2v) is 40.1. The van der Waals surface area contributed by atoms with Gasteiger partial charge in [-0.3, -0.25) is 39.1 Å². The largest absolute Gasteiger partial charge is 0.467 e. The number of aromatic nitrogens is 4. The zero-order chi connectivity index (χ0) is 102. The number of piperidine rings is 4. The number of nitrogens with one attached hydrogen (secondary N) is 4. The maximum atomic E-state index is 13.8. The molecule has 8 aliphatic heterocycles. The Kier molecular flexibility index (Phi) is 34.9. The number of carbonyl (C=O) groups is 12. The monoisotopic (exact) mass is 2140 g/mol. The molecule has 0 saturated carbocycles. The lowest BCUT2D eigenvalue weighted by molar-refractivity contribution is -0.145. The molecule has 11 atom stereocenters. The molecule has 8 aromatic rings. The van der Waals surface area contributed by atoms with Gasteiger partial charge in [0.05, 0.1) is 107 Å². The molecule has 4 aromatic heterocycles. The molecular weight excluding hydrogens is 2030 g/mol. The number of carbonyl (C=O) groups excluding carboxylic acids is 12. The van der Waals surface area contributed by atoms with Crippen molar-refractivity contribution in [2.75, 3.05) is 100 Å². The molecule has 8 fully saturated rings. The van der Waals surface area contributed by atoms with Gasteiger partial charge in [-0.1, -0.05) is 131 Å². The second kappa shape index (κ2) is 46.1. The molecule has 141 heavy (non-hydrogen) atoms. The molecule has 4 aromatic carbocycles. The van der Waals surface area contributed by atoms with Gasteiger partial charge in [-0.2, -0.15) is 0 Å². The first kappa shape index (κ1) is 107. The summed E-state index contributed by atoms with van der Waals surface area (Å²) in [5.41, 5.74) is 2.65. The average Bonchev–Trinajstić information content (AvgIpc) is 0.712. The molecule has 8 saturated heterocycles. The number of anilines is 4. The summed E-state index contributed by atoms with van der Waals surface area (Å²) in [5.74, 6) is -3.47. The topological polar surface area (TPSA) is 367 Å². The molecule has 0 aliphatic carbocycles. The van der Waals surface area contributed by atoms with Crippen molar-refractivity contribution in [1.29, 1.82) is 0 Å². The number of halogens is 8. The van der Waals surface area contributed by atoms with Crippen LogP contribution in [0.25, 0.3) is 0 Å². The van der Waals surface area contributed by atoms with Crippen LogP contribution in [0.1, 0.15) is 166 Å². The minimum Gasteiger partial charge on any atom is -0.467 e. The van der Waals surface area contributed by atoms with Gasteiger partial charge in [0, 0.05) is 119 Å². The minimum absolute atomic E-state index is 0.0162. The Bertz CT molecular complexity index is 5740. The van der Waals surface area contributed by atoms with E-state index in [2.05, 4.69) is 77.8 Å². The SMILES string of the molecule is CC[C@H](C)C(NC(=O)N1CCC2(CC1)C(=O)N(c1cccc(Cl)c1)C2c1ccccn1)C(=O)OC.CC[C@H](C)C(NC(=O)N1CCC2(CC1)C(=O)N(c1cccc(Cl)c1)C2c1ccccn1)C(=O)OC.CC[C@H](C)[C@H](NC(=O)N1CCC2(CC1)C(=O)N(c1ccc(F)c(Cl)c1)C2c1ccc(Br)cn1)C(=O)OC.COC(=O)[C@H](C)NC(=O)N1CCC2(CC1)C(=O)N(c1ccc(F)c(Cl)c1)C2c1ccc(Br)cn1. The smallest absolute Gasteiger partial charge is 0.328 e. The first-order valence-electron chi connectivity index (χ1n) is 46.8. The summed E-state index contributed by atoms with van der Waals surface area (Å²) >= 11 is 31.2. The molecule has 12 amide bonds. The van der Waals surface area contributed by atoms with E-state index in [1.807, 2.05) is 126 Å². The van der Waals surface area contributed by atoms with Gasteiger partial charge in [0.1, 0.15) is 35.8 Å². The third-order valence-corrected chi connectivity index (χ3v) is 30.7. The Hall–Kier alpha value is -11.7. The van der Waals surface area contributed by atoms with Gasteiger partial charge in [-0.25, -0.2) is 47.1 Å². The maximum absolute atomic E-state index is 13.8. The van der Waals surface area contributed by atoms with E-state index in [4.69, 9.17) is 60.6 Å². The van der Waals surface area contributed by atoms with Crippen LogP contribution in [-0.4, -0.2) is 216 Å². The predicted molar refractivity (Wildman–Crippen MR) is 533 cm³/mol. The van der Waals surface area contributed by atoms with Crippen molar-refractivity contribution >= 4 is 173 Å². The molecule has 6 unspecified atom stereocenters. The zero-order valence-electron chi connectivity index (χ0n) is 79.9. The Morgan fingerprint density at radius 3 is 0.887 bits per heavy atom. The zero-order valence-corrected chi connectivity index (χ0v) is 86.1. The van der Waals surface area contributed by atoms with Crippen molar-refractivity contribution in [2.24, 2.45) is 39.4 Å². The van der Waals surface area contributed by atoms with Crippen molar-refractivity contribution in [3.8, 4) is 0 Å². The number of amides is 12. The number of benzene rings is 4. The number of pyridine rings is 4. The number of rotatable bonds is 22. The number of hydrogen-bond acceptors (Lipinski definition) is 20. The Balaban J connectivity index is 0.000000158. The Labute approximate surface area is 853 Å². The van der Waals surface area contributed by atoms with Crippen LogP contribution in [-0.2, 0) is 57.3 Å². The van der Waals surface area contributed by atoms with Gasteiger partial charge < -0.3 is 79.4 Å². The van der Waals surface area contributed by atoms with Gasteiger partial charge in [0.2, 0.25) is 23.6 Å². The molecule has 4 spiro atoms. The highest BCUT2D eigenvalue weighted by atomic mass is 79.9. The third-order valence-electron chi connectivity index (χ3n) is 28.7. The molecule has 32 nitrogen and oxygen atoms in total. The molecule has 0 radical (unpaired) electrons. The van der Waals surface area contributed by atoms with E-state index in [0.29, 0.717) is 143 Å². The van der Waals surface area contributed by atoms with E-state index in [0.717, 1.165) is 44.5 Å². The second-order valence-electron chi connectivity index (χ2n) is 36.6. The fraction of sp³-hybridized carbons (Fsp3) is 0.446. The van der Waals surface area contributed by atoms with Gasteiger partial charge in [-0.05, 0) is 229 Å². The van der Waals surface area contributed by atoms with Crippen LogP contribution in [0.15, 0.2) is 179 Å². The predicted octanol–water partition coefficient (Wildman–Crippen LogP) is 17.6. The van der Waals surface area contributed by atoms with Crippen LogP contribution in [0.4, 0.5) is 50.7 Å². The highest BCUT2D eigenvalue weighted by molar-refractivity contribution is 9.10. The molecular formula is C101H114Br2Cl4F2N16O16. The van der Waals surface area contributed by atoms with E-state index >= 15 is 0 Å². The maximum Gasteiger partial charge on any atom is 0.328 e. The molecule has 4 N–H and O–H groups in total. The van der Waals surface area contributed by atoms with Crippen molar-refractivity contribution in [2.45, 2.75) is 167 Å². The number of esters is 4. The summed E-state index contributed by atoms with van der Waals surface area (Å²) in [4.78, 5) is 186. The van der Waals surface area contributed by atoms with Gasteiger partial charge in [0.15, 0.2) is 0 Å². The number of methoxy groups -OCH3 is 4. The summed E-state index contributed by atoms with van der Waals surface area (Å²) in [6, 6.07) is 36.1. The van der Waals surface area contributed by atoms with E-state index < -0.39 is 93.4 Å². The van der Waals surface area contributed by atoms with Crippen molar-refractivity contribution in [1.82, 2.24) is 60.8 Å². The number of ether oxygens (including phenoxy) is 4. The molecule has 16 rings (SSSR count). The number of β-lactam (4-membered cyclic amide) rings is 4. The summed E-state index contributed by atoms with van der Waals surface area (Å²) in [6.07, 6.45) is 12.6. The Morgan fingerprint density at radius 1 is 0.369 bits per heavy atom. The van der Waals surface area contributed by atoms with Crippen LogP contribution in [0.3, 0.4) is 0 Å². The third kappa shape index (κ3) is 22.1. The fourth-order valence-electron chi connectivity index (χ4n) is 20.0. The number of hydrogen-bond donors (Lipinski definition) is 4. The molecule has 12 heterocycles. The van der Waals surface area contributed by atoms with E-state index in [-0.39, 0.29) is 87.6 Å². The van der Waals surface area contributed by atoms with E-state index in [1.54, 1.807) is 95.2 Å². The molecule has 40 heteroatoms. The fourth-order valence-corrected chi connectivity index (χ4v) is 21.2.